The van der Waals surface area contributed by atoms with Crippen LogP contribution in [-0.4, -0.2) is 23.9 Å². The van der Waals surface area contributed by atoms with Crippen LogP contribution in [0.15, 0.2) is 109 Å². The second-order valence-corrected chi connectivity index (χ2v) is 21.6. The van der Waals surface area contributed by atoms with Gasteiger partial charge in [0.05, 0.1) is 5.76 Å². The Morgan fingerprint density at radius 1 is 0.836 bits per heavy atom. The van der Waals surface area contributed by atoms with Gasteiger partial charge in [-0.05, 0) is 66.7 Å². The Morgan fingerprint density at radius 3 is 2.09 bits per heavy atom. The summed E-state index contributed by atoms with van der Waals surface area (Å²) in [5, 5.41) is 16.4. The molecule has 0 aliphatic rings. The van der Waals surface area contributed by atoms with E-state index in [0.717, 1.165) is 42.3 Å². The van der Waals surface area contributed by atoms with Crippen LogP contribution in [0.1, 0.15) is 85.3 Å². The summed E-state index contributed by atoms with van der Waals surface area (Å²) >= 11 is 1.84. The van der Waals surface area contributed by atoms with Crippen LogP contribution in [0.4, 0.5) is 0 Å². The second-order valence-electron chi connectivity index (χ2n) is 16.1. The van der Waals surface area contributed by atoms with E-state index in [1.54, 1.807) is 0 Å². The number of benzene rings is 4. The Labute approximate surface area is 348 Å². The van der Waals surface area contributed by atoms with Crippen molar-refractivity contribution >= 4 is 56.4 Å². The third kappa shape index (κ3) is 10.0. The van der Waals surface area contributed by atoms with Crippen LogP contribution in [0.2, 0.25) is 13.1 Å². The molecule has 55 heavy (non-hydrogen) atoms. The largest absolute Gasteiger partial charge is 0.512 e. The van der Waals surface area contributed by atoms with E-state index < -0.39 is 8.07 Å². The fraction of sp³-hybridized carbons (Fsp3) is 0.347. The van der Waals surface area contributed by atoms with Crippen LogP contribution in [0, 0.1) is 24.8 Å². The second kappa shape index (κ2) is 19.0. The smallest absolute Gasteiger partial charge is 0.162 e. The van der Waals surface area contributed by atoms with Crippen LogP contribution in [0.3, 0.4) is 0 Å². The summed E-state index contributed by atoms with van der Waals surface area (Å²) in [5.41, 5.74) is 6.08. The van der Waals surface area contributed by atoms with Gasteiger partial charge in [-0.15, -0.1) is 40.5 Å². The summed E-state index contributed by atoms with van der Waals surface area (Å²) < 4.78 is 1.22. The van der Waals surface area contributed by atoms with Crippen molar-refractivity contribution in [2.75, 3.05) is 0 Å². The van der Waals surface area contributed by atoms with Crippen molar-refractivity contribution < 1.29 is 30.0 Å². The minimum Gasteiger partial charge on any atom is -0.512 e. The molecule has 2 heterocycles. The molecule has 6 heteroatoms. The fourth-order valence-electron chi connectivity index (χ4n) is 7.40. The number of aromatic nitrogens is 1. The number of carbonyl (C=O) groups is 1. The number of allylic oxidation sites excluding steroid dienone is 2. The van der Waals surface area contributed by atoms with Crippen molar-refractivity contribution in [2.45, 2.75) is 99.6 Å². The van der Waals surface area contributed by atoms with Crippen molar-refractivity contribution in [2.24, 2.45) is 11.8 Å². The molecule has 6 rings (SSSR count). The molecular weight excluding hydrogens is 887 g/mol. The number of nitrogens with zero attached hydrogens (tertiary/aromatic N) is 1. The summed E-state index contributed by atoms with van der Waals surface area (Å²) in [6.45, 7) is 22.1. The summed E-state index contributed by atoms with van der Waals surface area (Å²) in [6, 6.07) is 37.2. The molecule has 0 fully saturated rings. The molecule has 0 spiro atoms. The maximum atomic E-state index is 11.7. The normalized spacial score (nSPS) is 12.2. The van der Waals surface area contributed by atoms with Gasteiger partial charge in [-0.2, -0.15) is 0 Å². The standard InChI is InChI=1S/C36H34NSSi.C13H24O2.Ir/c1-24-20-29(39(5,6)28-13-8-7-9-14-28)16-17-30(24)33-23-26-18-19-37-34(35(26)38-33)27-21-25-12-10-11-15-31(25)32(22-27)36(2,3)4;1-5-10(6-2)12(14)9-13(15)11(7-3)8-4;/h7-20,22-23H,1-6H3;9-11,14H,5-8H2,1-4H3;/q-1;;/b;12-9-;. The molecule has 0 aliphatic heterocycles. The first-order valence-electron chi connectivity index (χ1n) is 19.7. The molecule has 0 saturated carbocycles. The molecule has 291 valence electrons. The number of aliphatic hydroxyl groups is 1. The molecule has 0 bridgehead atoms. The van der Waals surface area contributed by atoms with Crippen molar-refractivity contribution in [1.82, 2.24) is 4.98 Å². The van der Waals surface area contributed by atoms with Gasteiger partial charge in [0, 0.05) is 59.5 Å². The van der Waals surface area contributed by atoms with Gasteiger partial charge in [-0.3, -0.25) is 9.78 Å². The molecule has 6 aromatic rings. The van der Waals surface area contributed by atoms with Crippen molar-refractivity contribution in [3.8, 4) is 21.7 Å². The molecule has 3 nitrogen and oxygen atoms in total. The fourth-order valence-corrected chi connectivity index (χ4v) is 11.1. The quantitative estimate of drug-likeness (QED) is 0.0609. The van der Waals surface area contributed by atoms with Crippen LogP contribution in [0.25, 0.3) is 42.6 Å². The van der Waals surface area contributed by atoms with E-state index in [1.807, 2.05) is 45.2 Å². The van der Waals surface area contributed by atoms with Crippen molar-refractivity contribution in [3.63, 3.8) is 0 Å². The van der Waals surface area contributed by atoms with Crippen LogP contribution in [-0.2, 0) is 30.3 Å². The zero-order chi connectivity index (χ0) is 39.2. The van der Waals surface area contributed by atoms with E-state index in [0.29, 0.717) is 0 Å². The van der Waals surface area contributed by atoms with Crippen LogP contribution < -0.4 is 10.4 Å². The predicted octanol–water partition coefficient (Wildman–Crippen LogP) is 12.9. The van der Waals surface area contributed by atoms with Crippen LogP contribution >= 0.6 is 11.3 Å². The molecule has 1 N–H and O–H groups in total. The summed E-state index contributed by atoms with van der Waals surface area (Å²) in [4.78, 5) is 17.9. The average molecular weight is 945 g/mol. The van der Waals surface area contributed by atoms with E-state index in [4.69, 9.17) is 4.98 Å². The molecule has 0 unspecified atom stereocenters. The average Bonchev–Trinajstić information content (AvgIpc) is 3.60. The number of hydrogen-bond donors (Lipinski definition) is 1. The molecular formula is C49H58IrNO2SSi-. The first kappa shape index (κ1) is 44.0. The Morgan fingerprint density at radius 2 is 1.47 bits per heavy atom. The molecule has 4 aromatic carbocycles. The van der Waals surface area contributed by atoms with E-state index in [9.17, 15) is 9.90 Å². The number of carbonyl (C=O) groups excluding carboxylic acids is 1. The Bertz CT molecular complexity index is 2240. The summed E-state index contributed by atoms with van der Waals surface area (Å²) in [5.74, 6) is 0.547. The predicted molar refractivity (Wildman–Crippen MR) is 237 cm³/mol. The molecule has 2 aromatic heterocycles. The van der Waals surface area contributed by atoms with Crippen LogP contribution in [0.5, 0.6) is 0 Å². The molecule has 0 amide bonds. The van der Waals surface area contributed by atoms with Crippen molar-refractivity contribution in [3.05, 3.63) is 126 Å². The Kier molecular flexibility index (Phi) is 15.2. The first-order chi connectivity index (χ1) is 25.7. The van der Waals surface area contributed by atoms with Gasteiger partial charge >= 0.3 is 0 Å². The maximum absolute atomic E-state index is 11.7. The number of rotatable bonds is 11. The maximum Gasteiger partial charge on any atom is 0.162 e. The molecule has 0 atom stereocenters. The molecule has 0 aliphatic carbocycles. The van der Waals surface area contributed by atoms with Gasteiger partial charge in [0.15, 0.2) is 5.78 Å². The Balaban J connectivity index is 0.000000360. The van der Waals surface area contributed by atoms with Gasteiger partial charge in [-0.1, -0.05) is 150 Å². The number of pyridine rings is 1. The minimum atomic E-state index is -1.75. The SMILES string of the molecule is CCC(CC)C(=O)/C=C(\O)C(CC)CC.Cc1cc([Si](C)(C)c2ccccc2)ccc1-c1cc2ccnc(-c3[c-]c4ccccc4c(C(C)(C)C)c3)c2s1.[Ir]. The molecule has 0 saturated heterocycles. The number of aryl methyl sites for hydroxylation is 1. The summed E-state index contributed by atoms with van der Waals surface area (Å²) in [6.07, 6.45) is 6.85. The third-order valence-corrected chi connectivity index (χ3v) is 15.8. The van der Waals surface area contributed by atoms with E-state index in [-0.39, 0.29) is 48.9 Å². The third-order valence-electron chi connectivity index (χ3n) is 11.1. The Hall–Kier alpha value is -3.67. The van der Waals surface area contributed by atoms with Gasteiger partial charge in [-0.25, -0.2) is 0 Å². The number of hydrogen-bond acceptors (Lipinski definition) is 4. The van der Waals surface area contributed by atoms with Crippen molar-refractivity contribution in [1.29, 1.82) is 0 Å². The summed E-state index contributed by atoms with van der Waals surface area (Å²) in [7, 11) is -1.75. The monoisotopic (exact) mass is 945 g/mol. The van der Waals surface area contributed by atoms with Gasteiger partial charge in [0.25, 0.3) is 0 Å². The van der Waals surface area contributed by atoms with E-state index in [1.165, 1.54) is 53.5 Å². The van der Waals surface area contributed by atoms with E-state index >= 15 is 0 Å². The van der Waals surface area contributed by atoms with Gasteiger partial charge < -0.3 is 5.11 Å². The zero-order valence-corrected chi connectivity index (χ0v) is 38.6. The molecule has 1 radical (unpaired) electrons. The number of fused-ring (bicyclic) bond motifs is 2. The van der Waals surface area contributed by atoms with E-state index in [2.05, 4.69) is 138 Å². The van der Waals surface area contributed by atoms with Gasteiger partial charge in [0.2, 0.25) is 0 Å². The van der Waals surface area contributed by atoms with Gasteiger partial charge in [0.1, 0.15) is 8.07 Å². The zero-order valence-electron chi connectivity index (χ0n) is 34.3. The topological polar surface area (TPSA) is 50.2 Å². The first-order valence-corrected chi connectivity index (χ1v) is 23.5. The number of aliphatic hydroxyl groups excluding tert-OH is 1. The number of thiophene rings is 1. The minimum absolute atomic E-state index is 0. The number of ketones is 1.